The quantitative estimate of drug-likeness (QED) is 0.360. The predicted octanol–water partition coefficient (Wildman–Crippen LogP) is 6.16. The smallest absolute Gasteiger partial charge is 0.321 e. The standard InChI is InChI=1S/C27H17F4N3O/c28-23-15-22(27(29,30)31)20(25-32-11-6-12-33-25)14-21(23)26(35)34-24-18-10-5-4-9-17(18)13-19(24)16-7-2-1-3-8-16/h1-12,14-15H,13H2,(H,34,35). The normalized spacial score (nSPS) is 13.0. The van der Waals surface area contributed by atoms with Gasteiger partial charge >= 0.3 is 6.18 Å². The van der Waals surface area contributed by atoms with Gasteiger partial charge in [0.2, 0.25) is 0 Å². The number of rotatable bonds is 4. The Bertz CT molecular complexity index is 1450. The van der Waals surface area contributed by atoms with Gasteiger partial charge in [-0.25, -0.2) is 14.4 Å². The molecule has 0 unspecified atom stereocenters. The van der Waals surface area contributed by atoms with Gasteiger partial charge in [-0.3, -0.25) is 4.79 Å². The summed E-state index contributed by atoms with van der Waals surface area (Å²) < 4.78 is 55.8. The number of alkyl halides is 3. The van der Waals surface area contributed by atoms with Crippen molar-refractivity contribution in [3.05, 3.63) is 119 Å². The summed E-state index contributed by atoms with van der Waals surface area (Å²) in [6, 6.07) is 19.5. The zero-order valence-electron chi connectivity index (χ0n) is 18.1. The van der Waals surface area contributed by atoms with Gasteiger partial charge in [-0.05, 0) is 34.9 Å². The van der Waals surface area contributed by atoms with Crippen molar-refractivity contribution in [1.82, 2.24) is 15.3 Å². The van der Waals surface area contributed by atoms with Crippen LogP contribution in [0.4, 0.5) is 17.6 Å². The second-order valence-electron chi connectivity index (χ2n) is 7.96. The van der Waals surface area contributed by atoms with Crippen LogP contribution in [0.15, 0.2) is 85.2 Å². The number of benzene rings is 3. The van der Waals surface area contributed by atoms with E-state index in [0.717, 1.165) is 28.3 Å². The summed E-state index contributed by atoms with van der Waals surface area (Å²) in [5.74, 6) is -2.42. The van der Waals surface area contributed by atoms with E-state index in [1.54, 1.807) is 0 Å². The molecule has 0 aliphatic heterocycles. The second-order valence-corrected chi connectivity index (χ2v) is 7.96. The first kappa shape index (κ1) is 22.5. The lowest BCUT2D eigenvalue weighted by Crippen LogP contribution is -2.24. The highest BCUT2D eigenvalue weighted by Gasteiger charge is 2.36. The van der Waals surface area contributed by atoms with Gasteiger partial charge in [-0.2, -0.15) is 13.2 Å². The molecule has 1 N–H and O–H groups in total. The van der Waals surface area contributed by atoms with E-state index in [1.165, 1.54) is 18.5 Å². The van der Waals surface area contributed by atoms with Crippen LogP contribution in [0.1, 0.15) is 32.6 Å². The van der Waals surface area contributed by atoms with Crippen LogP contribution in [-0.2, 0) is 12.6 Å². The summed E-state index contributed by atoms with van der Waals surface area (Å²) in [5.41, 5.74) is 1.69. The van der Waals surface area contributed by atoms with Gasteiger partial charge < -0.3 is 5.32 Å². The van der Waals surface area contributed by atoms with Crippen LogP contribution in [-0.4, -0.2) is 15.9 Å². The van der Waals surface area contributed by atoms with Crippen molar-refractivity contribution in [2.45, 2.75) is 12.6 Å². The number of allylic oxidation sites excluding steroid dienone is 1. The fourth-order valence-electron chi connectivity index (χ4n) is 4.17. The van der Waals surface area contributed by atoms with Crippen molar-refractivity contribution in [2.75, 3.05) is 0 Å². The highest BCUT2D eigenvalue weighted by Crippen LogP contribution is 2.39. The van der Waals surface area contributed by atoms with Gasteiger partial charge in [0.15, 0.2) is 5.82 Å². The third kappa shape index (κ3) is 4.30. The van der Waals surface area contributed by atoms with Gasteiger partial charge in [0, 0.05) is 29.9 Å². The van der Waals surface area contributed by atoms with Crippen LogP contribution < -0.4 is 5.32 Å². The average Bonchev–Trinajstić information content (AvgIpc) is 3.22. The van der Waals surface area contributed by atoms with Gasteiger partial charge in [-0.15, -0.1) is 0 Å². The van der Waals surface area contributed by atoms with E-state index in [4.69, 9.17) is 0 Å². The number of amides is 1. The van der Waals surface area contributed by atoms with Gasteiger partial charge in [0.05, 0.1) is 16.8 Å². The van der Waals surface area contributed by atoms with E-state index in [1.807, 2.05) is 54.6 Å². The molecular weight excluding hydrogens is 458 g/mol. The molecule has 35 heavy (non-hydrogen) atoms. The molecule has 0 radical (unpaired) electrons. The Balaban J connectivity index is 1.60. The largest absolute Gasteiger partial charge is 0.417 e. The zero-order chi connectivity index (χ0) is 24.6. The molecular formula is C27H17F4N3O. The number of nitrogens with zero attached hydrogens (tertiary/aromatic N) is 2. The molecule has 0 saturated carbocycles. The molecule has 4 aromatic rings. The van der Waals surface area contributed by atoms with Crippen LogP contribution in [0.5, 0.6) is 0 Å². The van der Waals surface area contributed by atoms with Gasteiger partial charge in [0.25, 0.3) is 5.91 Å². The Hall–Kier alpha value is -4.33. The van der Waals surface area contributed by atoms with E-state index in [0.29, 0.717) is 18.2 Å². The fraction of sp³-hybridized carbons (Fsp3) is 0.0741. The minimum Gasteiger partial charge on any atom is -0.321 e. The SMILES string of the molecule is O=C(NC1=C(c2ccccc2)Cc2ccccc21)c1cc(-c2ncccn2)c(C(F)(F)F)cc1F. The molecule has 0 saturated heterocycles. The fourth-order valence-corrected chi connectivity index (χ4v) is 4.17. The van der Waals surface area contributed by atoms with Crippen molar-refractivity contribution in [3.63, 3.8) is 0 Å². The number of carbonyl (C=O) groups excluding carboxylic acids is 1. The summed E-state index contributed by atoms with van der Waals surface area (Å²) >= 11 is 0. The third-order valence-corrected chi connectivity index (χ3v) is 5.78. The van der Waals surface area contributed by atoms with Crippen molar-refractivity contribution in [3.8, 4) is 11.4 Å². The Kier molecular flexibility index (Phi) is 5.64. The van der Waals surface area contributed by atoms with Crippen LogP contribution in [0.2, 0.25) is 0 Å². The molecule has 1 aliphatic rings. The van der Waals surface area contributed by atoms with E-state index in [9.17, 15) is 22.4 Å². The Morgan fingerprint density at radius 2 is 1.54 bits per heavy atom. The Morgan fingerprint density at radius 1 is 0.857 bits per heavy atom. The first-order valence-corrected chi connectivity index (χ1v) is 10.7. The lowest BCUT2D eigenvalue weighted by molar-refractivity contribution is -0.137. The van der Waals surface area contributed by atoms with Gasteiger partial charge in [0.1, 0.15) is 5.82 Å². The lowest BCUT2D eigenvalue weighted by Gasteiger charge is -2.16. The molecule has 4 nitrogen and oxygen atoms in total. The van der Waals surface area contributed by atoms with E-state index < -0.39 is 34.6 Å². The van der Waals surface area contributed by atoms with Gasteiger partial charge in [-0.1, -0.05) is 54.6 Å². The molecule has 0 fully saturated rings. The molecule has 1 amide bonds. The molecule has 0 bridgehead atoms. The van der Waals surface area contributed by atoms with Crippen molar-refractivity contribution in [2.24, 2.45) is 0 Å². The van der Waals surface area contributed by atoms with Crippen LogP contribution in [0, 0.1) is 5.82 Å². The highest BCUT2D eigenvalue weighted by molar-refractivity contribution is 6.07. The number of hydrogen-bond donors (Lipinski definition) is 1. The summed E-state index contributed by atoms with van der Waals surface area (Å²) in [7, 11) is 0. The van der Waals surface area contributed by atoms with Crippen LogP contribution in [0.3, 0.4) is 0 Å². The number of carbonyl (C=O) groups is 1. The molecule has 1 heterocycles. The summed E-state index contributed by atoms with van der Waals surface area (Å²) in [4.78, 5) is 21.0. The molecule has 0 spiro atoms. The minimum absolute atomic E-state index is 0.260. The molecule has 1 aromatic heterocycles. The highest BCUT2D eigenvalue weighted by atomic mass is 19.4. The number of hydrogen-bond acceptors (Lipinski definition) is 3. The Morgan fingerprint density at radius 3 is 2.26 bits per heavy atom. The predicted molar refractivity (Wildman–Crippen MR) is 123 cm³/mol. The summed E-state index contributed by atoms with van der Waals surface area (Å²) in [6.45, 7) is 0. The number of nitrogens with one attached hydrogen (secondary N) is 1. The molecule has 1 aliphatic carbocycles. The zero-order valence-corrected chi connectivity index (χ0v) is 18.1. The topological polar surface area (TPSA) is 54.9 Å². The monoisotopic (exact) mass is 475 g/mol. The van der Waals surface area contributed by atoms with Crippen molar-refractivity contribution < 1.29 is 22.4 Å². The molecule has 174 valence electrons. The number of halogens is 4. The maximum Gasteiger partial charge on any atom is 0.417 e. The Labute approximate surface area is 198 Å². The van der Waals surface area contributed by atoms with E-state index in [-0.39, 0.29) is 5.82 Å². The first-order valence-electron chi connectivity index (χ1n) is 10.7. The summed E-state index contributed by atoms with van der Waals surface area (Å²) in [5, 5.41) is 2.76. The van der Waals surface area contributed by atoms with Crippen molar-refractivity contribution >= 4 is 17.2 Å². The van der Waals surface area contributed by atoms with Crippen LogP contribution in [0.25, 0.3) is 22.7 Å². The van der Waals surface area contributed by atoms with Crippen LogP contribution >= 0.6 is 0 Å². The average molecular weight is 475 g/mol. The number of fused-ring (bicyclic) bond motifs is 1. The van der Waals surface area contributed by atoms with E-state index in [2.05, 4.69) is 15.3 Å². The first-order chi connectivity index (χ1) is 16.8. The molecule has 5 rings (SSSR count). The molecule has 8 heteroatoms. The lowest BCUT2D eigenvalue weighted by atomic mass is 10.0. The minimum atomic E-state index is -4.86. The number of aromatic nitrogens is 2. The van der Waals surface area contributed by atoms with Crippen molar-refractivity contribution in [1.29, 1.82) is 0 Å². The van der Waals surface area contributed by atoms with E-state index >= 15 is 0 Å². The second kappa shape index (κ2) is 8.79. The summed E-state index contributed by atoms with van der Waals surface area (Å²) in [6.07, 6.45) is -1.76. The third-order valence-electron chi connectivity index (χ3n) is 5.78. The maximum atomic E-state index is 14.9. The molecule has 3 aromatic carbocycles. The molecule has 0 atom stereocenters. The maximum absolute atomic E-state index is 14.9.